The molecule has 0 bridgehead atoms. The predicted octanol–water partition coefficient (Wildman–Crippen LogP) is 6.93. The number of halogens is 3. The van der Waals surface area contributed by atoms with Crippen molar-refractivity contribution in [1.29, 1.82) is 0 Å². The van der Waals surface area contributed by atoms with Gasteiger partial charge in [0.1, 0.15) is 0 Å². The third-order valence-electron chi connectivity index (χ3n) is 8.26. The molecule has 0 aliphatic carbocycles. The van der Waals surface area contributed by atoms with E-state index in [1.807, 2.05) is 49.9 Å². The van der Waals surface area contributed by atoms with Crippen LogP contribution in [0.25, 0.3) is 54.7 Å². The second kappa shape index (κ2) is 13.6. The number of nitrogens with zero attached hydrogens (tertiary/aromatic N) is 6. The maximum atomic E-state index is 13.3. The average molecular weight is 707 g/mol. The molecule has 0 unspecified atom stereocenters. The lowest BCUT2D eigenvalue weighted by Gasteiger charge is -2.05. The van der Waals surface area contributed by atoms with E-state index >= 15 is 0 Å². The summed E-state index contributed by atoms with van der Waals surface area (Å²) in [5.74, 6) is -1.00. The van der Waals surface area contributed by atoms with Crippen LogP contribution >= 0.6 is 15.9 Å². The van der Waals surface area contributed by atoms with Crippen LogP contribution in [0.4, 0.5) is 8.78 Å². The van der Waals surface area contributed by atoms with E-state index in [0.29, 0.717) is 11.1 Å². The molecule has 240 valence electrons. The number of hydrogen-bond acceptors (Lipinski definition) is 6. The van der Waals surface area contributed by atoms with Crippen molar-refractivity contribution >= 4 is 72.1 Å². The van der Waals surface area contributed by atoms with Crippen LogP contribution in [0.2, 0.25) is 0 Å². The Kier molecular flexibility index (Phi) is 9.32. The number of rotatable bonds is 2. The molecule has 12 heteroatoms. The summed E-state index contributed by atoms with van der Waals surface area (Å²) in [5.41, 5.74) is 7.73. The van der Waals surface area contributed by atoms with Crippen molar-refractivity contribution in [3.05, 3.63) is 125 Å². The van der Waals surface area contributed by atoms with Gasteiger partial charge in [-0.2, -0.15) is 8.78 Å². The number of pyridine rings is 4. The summed E-state index contributed by atoms with van der Waals surface area (Å²) in [7, 11) is 2.54. The fourth-order valence-corrected chi connectivity index (χ4v) is 6.05. The van der Waals surface area contributed by atoms with E-state index in [-0.39, 0.29) is 5.46 Å². The minimum atomic E-state index is -1.58. The fourth-order valence-electron chi connectivity index (χ4n) is 5.70. The van der Waals surface area contributed by atoms with Gasteiger partial charge in [-0.1, -0.05) is 40.2 Å². The first-order chi connectivity index (χ1) is 23.0. The molecule has 0 fully saturated rings. The lowest BCUT2D eigenvalue weighted by Crippen LogP contribution is -2.30. The molecule has 2 N–H and O–H groups in total. The molecule has 6 aromatic heterocycles. The molecule has 0 saturated carbocycles. The quantitative estimate of drug-likeness (QED) is 0.149. The van der Waals surface area contributed by atoms with E-state index in [1.54, 1.807) is 19.3 Å². The van der Waals surface area contributed by atoms with E-state index in [4.69, 9.17) is 10.0 Å². The molecule has 2 aromatic carbocycles. The summed E-state index contributed by atoms with van der Waals surface area (Å²) in [6.45, 7) is 3.24. The normalized spacial score (nSPS) is 11.0. The predicted molar refractivity (Wildman–Crippen MR) is 191 cm³/mol. The smallest absolute Gasteiger partial charge is 0.423 e. The van der Waals surface area contributed by atoms with Crippen LogP contribution in [0.15, 0.2) is 102 Å². The maximum absolute atomic E-state index is 13.3. The number of hydrogen-bond donors (Lipinski definition) is 2. The van der Waals surface area contributed by atoms with Gasteiger partial charge in [-0.25, -0.2) is 9.97 Å². The van der Waals surface area contributed by atoms with Crippen LogP contribution in [0.1, 0.15) is 11.1 Å². The zero-order valence-electron chi connectivity index (χ0n) is 26.5. The number of aryl methyl sites for hydroxylation is 4. The van der Waals surface area contributed by atoms with Crippen LogP contribution in [-0.2, 0) is 14.1 Å². The Morgan fingerprint density at radius 2 is 1.15 bits per heavy atom. The van der Waals surface area contributed by atoms with Crippen molar-refractivity contribution < 1.29 is 18.8 Å². The number of fused-ring (bicyclic) bond motifs is 6. The second-order valence-corrected chi connectivity index (χ2v) is 12.3. The van der Waals surface area contributed by atoms with Gasteiger partial charge in [0.2, 0.25) is 11.9 Å². The van der Waals surface area contributed by atoms with Crippen molar-refractivity contribution in [3.8, 4) is 11.1 Å². The molecular weight excluding hydrogens is 677 g/mol. The molecule has 0 amide bonds. The van der Waals surface area contributed by atoms with E-state index in [9.17, 15) is 8.78 Å². The van der Waals surface area contributed by atoms with E-state index in [1.165, 1.54) is 40.2 Å². The third-order valence-corrected chi connectivity index (χ3v) is 8.75. The summed E-state index contributed by atoms with van der Waals surface area (Å²) in [5, 5.41) is 22.0. The van der Waals surface area contributed by atoms with E-state index < -0.39 is 19.0 Å². The van der Waals surface area contributed by atoms with Gasteiger partial charge in [-0.15, -0.1) is 0 Å². The maximum Gasteiger partial charge on any atom is 0.490 e. The molecular formula is C36H30BBrF2N6O2. The highest BCUT2D eigenvalue weighted by molar-refractivity contribution is 9.10. The Bertz CT molecular complexity index is 2450. The van der Waals surface area contributed by atoms with Crippen molar-refractivity contribution in [3.63, 3.8) is 0 Å². The van der Waals surface area contributed by atoms with Gasteiger partial charge in [-0.05, 0) is 55.8 Å². The van der Waals surface area contributed by atoms with E-state index in [2.05, 4.69) is 82.4 Å². The Morgan fingerprint density at radius 3 is 1.71 bits per heavy atom. The highest BCUT2D eigenvalue weighted by atomic mass is 79.9. The Labute approximate surface area is 283 Å². The van der Waals surface area contributed by atoms with Gasteiger partial charge in [0.05, 0.1) is 16.6 Å². The molecule has 0 saturated heterocycles. The van der Waals surface area contributed by atoms with Gasteiger partial charge < -0.3 is 19.2 Å². The van der Waals surface area contributed by atoms with Gasteiger partial charge in [0, 0.05) is 105 Å². The minimum absolute atomic E-state index is 0.198. The Balaban J connectivity index is 0.000000134. The monoisotopic (exact) mass is 706 g/mol. The highest BCUT2D eigenvalue weighted by Gasteiger charge is 2.13. The Morgan fingerprint density at radius 1 is 0.604 bits per heavy atom. The number of aromatic nitrogens is 6. The van der Waals surface area contributed by atoms with Crippen LogP contribution in [0.3, 0.4) is 0 Å². The van der Waals surface area contributed by atoms with Crippen LogP contribution in [-0.4, -0.2) is 46.2 Å². The van der Waals surface area contributed by atoms with Crippen LogP contribution in [0.5, 0.6) is 0 Å². The first kappa shape index (κ1) is 32.9. The average Bonchev–Trinajstić information content (AvgIpc) is 3.54. The molecule has 8 nitrogen and oxygen atoms in total. The van der Waals surface area contributed by atoms with Crippen LogP contribution < -0.4 is 5.46 Å². The number of benzene rings is 2. The largest absolute Gasteiger partial charge is 0.490 e. The molecule has 8 aromatic rings. The standard InChI is InChI=1S/C18H14FN3.C12H9BrN2.C6H7BFNO2/c1-11-7-13(9-21-18(11)19)12-3-4-14-15-10-20-6-5-16(15)22(2)17(14)8-12;1-15-11-4-5-14-7-10(11)9-3-2-8(13)6-12(9)15;1-4-2-5(7(10)11)3-9-6(4)8/h3-10H,1-2H3;2-7H,1H3;2-3,10-11H,1H3. The van der Waals surface area contributed by atoms with Crippen molar-refractivity contribution in [1.82, 2.24) is 29.1 Å². The molecule has 0 spiro atoms. The summed E-state index contributed by atoms with van der Waals surface area (Å²) in [4.78, 5) is 15.5. The second-order valence-electron chi connectivity index (χ2n) is 11.4. The summed E-state index contributed by atoms with van der Waals surface area (Å²) in [6, 6.07) is 19.8. The molecule has 0 atom stereocenters. The van der Waals surface area contributed by atoms with Gasteiger partial charge >= 0.3 is 7.12 Å². The molecule has 0 aliphatic rings. The van der Waals surface area contributed by atoms with Crippen LogP contribution in [0, 0.1) is 25.7 Å². The fraction of sp³-hybridized carbons (Fsp3) is 0.111. The SMILES string of the molecule is Cc1cc(-c2ccc3c4cnccc4n(C)c3c2)cnc1F.Cc1cc(B(O)O)cnc1F.Cn1c2ccncc2c2ccc(Br)cc21. The lowest BCUT2D eigenvalue weighted by atomic mass is 9.81. The molecule has 0 radical (unpaired) electrons. The molecule has 0 aliphatic heterocycles. The Hall–Kier alpha value is -5.04. The van der Waals surface area contributed by atoms with Gasteiger partial charge in [0.25, 0.3) is 0 Å². The topological polar surface area (TPSA) is 102 Å². The first-order valence-corrected chi connectivity index (χ1v) is 15.7. The van der Waals surface area contributed by atoms with Crippen molar-refractivity contribution in [2.75, 3.05) is 0 Å². The molecule has 6 heterocycles. The molecule has 8 rings (SSSR count). The minimum Gasteiger partial charge on any atom is -0.423 e. The summed E-state index contributed by atoms with van der Waals surface area (Å²) < 4.78 is 31.3. The van der Waals surface area contributed by atoms with Crippen molar-refractivity contribution in [2.24, 2.45) is 14.1 Å². The molecule has 48 heavy (non-hydrogen) atoms. The zero-order valence-corrected chi connectivity index (χ0v) is 28.1. The van der Waals surface area contributed by atoms with Crippen molar-refractivity contribution in [2.45, 2.75) is 13.8 Å². The van der Waals surface area contributed by atoms with Gasteiger partial charge in [0.15, 0.2) is 0 Å². The summed E-state index contributed by atoms with van der Waals surface area (Å²) in [6.07, 6.45) is 10.1. The lowest BCUT2D eigenvalue weighted by molar-refractivity contribution is 0.425. The third kappa shape index (κ3) is 6.42. The highest BCUT2D eigenvalue weighted by Crippen LogP contribution is 2.32. The summed E-state index contributed by atoms with van der Waals surface area (Å²) >= 11 is 3.49. The van der Waals surface area contributed by atoms with E-state index in [0.717, 1.165) is 38.2 Å². The van der Waals surface area contributed by atoms with Gasteiger partial charge in [-0.3, -0.25) is 9.97 Å². The first-order valence-electron chi connectivity index (χ1n) is 14.9. The zero-order chi connectivity index (χ0) is 34.1.